The first-order valence-electron chi connectivity index (χ1n) is 7.78. The minimum atomic E-state index is -1.10. The third kappa shape index (κ3) is 2.82. The van der Waals surface area contributed by atoms with Crippen LogP contribution in [0.4, 0.5) is 9.18 Å². The van der Waals surface area contributed by atoms with Crippen LogP contribution in [0.3, 0.4) is 0 Å². The number of hydrogen-bond acceptors (Lipinski definition) is 2. The van der Waals surface area contributed by atoms with Gasteiger partial charge < -0.3 is 15.2 Å². The molecular weight excluding hydrogens is 309 g/mol. The first kappa shape index (κ1) is 16.3. The monoisotopic (exact) mass is 329 g/mol. The van der Waals surface area contributed by atoms with Crippen molar-refractivity contribution in [1.29, 1.82) is 0 Å². The minimum absolute atomic E-state index is 0.300. The van der Waals surface area contributed by atoms with Crippen molar-refractivity contribution in [2.24, 2.45) is 5.41 Å². The number of halogens is 1. The molecule has 2 N–H and O–H groups in total. The molecule has 0 aliphatic heterocycles. The second-order valence-corrected chi connectivity index (χ2v) is 6.81. The smallest absolute Gasteiger partial charge is 0.405 e. The number of ether oxygens (including phenoxy) is 1. The fourth-order valence-corrected chi connectivity index (χ4v) is 3.46. The number of fused-ring (bicyclic) bond motifs is 1. The van der Waals surface area contributed by atoms with Gasteiger partial charge in [-0.3, -0.25) is 0 Å². The van der Waals surface area contributed by atoms with Gasteiger partial charge in [-0.05, 0) is 52.8 Å². The summed E-state index contributed by atoms with van der Waals surface area (Å²) in [6.45, 7) is 3.97. The average molecular weight is 329 g/mol. The number of hydrogen-bond donors (Lipinski definition) is 2. The maximum absolute atomic E-state index is 14.7. The molecule has 0 bridgehead atoms. The highest BCUT2D eigenvalue weighted by Crippen LogP contribution is 2.46. The lowest BCUT2D eigenvalue weighted by atomic mass is 9.85. The van der Waals surface area contributed by atoms with Crippen molar-refractivity contribution >= 4 is 6.09 Å². The van der Waals surface area contributed by atoms with Crippen LogP contribution in [-0.2, 0) is 6.42 Å². The van der Waals surface area contributed by atoms with Crippen molar-refractivity contribution < 1.29 is 19.0 Å². The molecule has 1 aliphatic rings. The highest BCUT2D eigenvalue weighted by atomic mass is 19.1. The van der Waals surface area contributed by atoms with E-state index >= 15 is 0 Å². The predicted molar refractivity (Wildman–Crippen MR) is 89.8 cm³/mol. The Morgan fingerprint density at radius 2 is 1.96 bits per heavy atom. The molecule has 0 fully saturated rings. The van der Waals surface area contributed by atoms with E-state index in [1.54, 1.807) is 19.2 Å². The second-order valence-electron chi connectivity index (χ2n) is 6.81. The Morgan fingerprint density at radius 1 is 1.29 bits per heavy atom. The summed E-state index contributed by atoms with van der Waals surface area (Å²) >= 11 is 0. The van der Waals surface area contributed by atoms with Crippen molar-refractivity contribution in [2.45, 2.75) is 26.3 Å². The fourth-order valence-electron chi connectivity index (χ4n) is 3.46. The van der Waals surface area contributed by atoms with Crippen molar-refractivity contribution in [1.82, 2.24) is 5.32 Å². The van der Waals surface area contributed by atoms with E-state index in [0.717, 1.165) is 16.7 Å². The van der Waals surface area contributed by atoms with Crippen LogP contribution in [0, 0.1) is 11.2 Å². The van der Waals surface area contributed by atoms with Gasteiger partial charge in [0.15, 0.2) is 0 Å². The molecular formula is C19H20FNO3. The third-order valence-electron chi connectivity index (χ3n) is 4.64. The van der Waals surface area contributed by atoms with Gasteiger partial charge in [-0.25, -0.2) is 9.18 Å². The number of amides is 1. The number of carboxylic acid groups (broad SMARTS) is 1. The number of nitrogens with one attached hydrogen (secondary N) is 1. The van der Waals surface area contributed by atoms with E-state index in [9.17, 15) is 9.18 Å². The lowest BCUT2D eigenvalue weighted by molar-refractivity contribution is 0.175. The van der Waals surface area contributed by atoms with Crippen LogP contribution >= 0.6 is 0 Å². The summed E-state index contributed by atoms with van der Waals surface area (Å²) in [7, 11) is 1.59. The Labute approximate surface area is 140 Å². The molecule has 2 aromatic carbocycles. The van der Waals surface area contributed by atoms with Crippen LogP contribution in [0.2, 0.25) is 0 Å². The first-order chi connectivity index (χ1) is 11.3. The standard InChI is InChI=1S/C19H20FNO3/c1-19(2)10-12-8-14(11-4-6-13(24-3)7-5-11)16(20)9-15(12)17(19)21-18(22)23/h4-9,17,21H,10H2,1-3H3,(H,22,23). The quantitative estimate of drug-likeness (QED) is 0.878. The summed E-state index contributed by atoms with van der Waals surface area (Å²) in [5.41, 5.74) is 2.68. The van der Waals surface area contributed by atoms with Crippen LogP contribution in [0.1, 0.15) is 31.0 Å². The van der Waals surface area contributed by atoms with Crippen molar-refractivity contribution in [2.75, 3.05) is 7.11 Å². The molecule has 0 aromatic heterocycles. The molecule has 24 heavy (non-hydrogen) atoms. The summed E-state index contributed by atoms with van der Waals surface area (Å²) in [6.07, 6.45) is -0.406. The van der Waals surface area contributed by atoms with Gasteiger partial charge in [0.2, 0.25) is 0 Å². The molecule has 2 aromatic rings. The summed E-state index contributed by atoms with van der Waals surface area (Å²) in [5.74, 6) is 0.362. The summed E-state index contributed by atoms with van der Waals surface area (Å²) in [4.78, 5) is 11.1. The highest BCUT2D eigenvalue weighted by Gasteiger charge is 2.40. The van der Waals surface area contributed by atoms with Gasteiger partial charge in [-0.1, -0.05) is 26.0 Å². The number of carbonyl (C=O) groups is 1. The van der Waals surface area contributed by atoms with Crippen molar-refractivity contribution in [3.05, 3.63) is 53.3 Å². The Kier molecular flexibility index (Phi) is 3.95. The lowest BCUT2D eigenvalue weighted by Gasteiger charge is -2.27. The topological polar surface area (TPSA) is 58.6 Å². The normalized spacial score (nSPS) is 18.1. The molecule has 0 saturated carbocycles. The molecule has 0 saturated heterocycles. The third-order valence-corrected chi connectivity index (χ3v) is 4.64. The first-order valence-corrected chi connectivity index (χ1v) is 7.78. The molecule has 126 valence electrons. The van der Waals surface area contributed by atoms with E-state index in [1.165, 1.54) is 6.07 Å². The lowest BCUT2D eigenvalue weighted by Crippen LogP contribution is -2.34. The van der Waals surface area contributed by atoms with Crippen LogP contribution in [-0.4, -0.2) is 18.3 Å². The Hall–Kier alpha value is -2.56. The van der Waals surface area contributed by atoms with Gasteiger partial charge in [0.1, 0.15) is 11.6 Å². The van der Waals surface area contributed by atoms with Crippen LogP contribution in [0.15, 0.2) is 36.4 Å². The van der Waals surface area contributed by atoms with E-state index in [0.29, 0.717) is 17.7 Å². The molecule has 4 nitrogen and oxygen atoms in total. The van der Waals surface area contributed by atoms with Crippen LogP contribution < -0.4 is 10.1 Å². The molecule has 0 spiro atoms. The average Bonchev–Trinajstić information content (AvgIpc) is 2.76. The van der Waals surface area contributed by atoms with Crippen molar-refractivity contribution in [3.8, 4) is 16.9 Å². The van der Waals surface area contributed by atoms with Crippen molar-refractivity contribution in [3.63, 3.8) is 0 Å². The van der Waals surface area contributed by atoms with E-state index < -0.39 is 12.1 Å². The van der Waals surface area contributed by atoms with Crippen LogP contribution in [0.5, 0.6) is 5.75 Å². The Balaban J connectivity index is 2.03. The maximum atomic E-state index is 14.7. The number of benzene rings is 2. The van der Waals surface area contributed by atoms with E-state index in [4.69, 9.17) is 9.84 Å². The molecule has 3 rings (SSSR count). The molecule has 0 heterocycles. The molecule has 0 radical (unpaired) electrons. The van der Waals surface area contributed by atoms with Gasteiger partial charge in [-0.15, -0.1) is 0 Å². The van der Waals surface area contributed by atoms with E-state index in [-0.39, 0.29) is 11.2 Å². The van der Waals surface area contributed by atoms with Crippen LogP contribution in [0.25, 0.3) is 11.1 Å². The maximum Gasteiger partial charge on any atom is 0.405 e. The molecule has 1 aliphatic carbocycles. The molecule has 1 atom stereocenters. The fraction of sp³-hybridized carbons (Fsp3) is 0.316. The number of rotatable bonds is 3. The zero-order chi connectivity index (χ0) is 17.5. The van der Waals surface area contributed by atoms with Gasteiger partial charge in [0, 0.05) is 5.56 Å². The van der Waals surface area contributed by atoms with Gasteiger partial charge >= 0.3 is 6.09 Å². The summed E-state index contributed by atoms with van der Waals surface area (Å²) in [5, 5.41) is 11.6. The zero-order valence-corrected chi connectivity index (χ0v) is 13.9. The summed E-state index contributed by atoms with van der Waals surface area (Å²) < 4.78 is 19.8. The van der Waals surface area contributed by atoms with Gasteiger partial charge in [-0.2, -0.15) is 0 Å². The van der Waals surface area contributed by atoms with Gasteiger partial charge in [0.05, 0.1) is 13.2 Å². The number of methoxy groups -OCH3 is 1. The van der Waals surface area contributed by atoms with E-state index in [2.05, 4.69) is 5.32 Å². The Morgan fingerprint density at radius 3 is 2.54 bits per heavy atom. The van der Waals surface area contributed by atoms with Gasteiger partial charge in [0.25, 0.3) is 0 Å². The second kappa shape index (κ2) is 5.82. The Bertz CT molecular complexity index is 784. The molecule has 1 amide bonds. The van der Waals surface area contributed by atoms with E-state index in [1.807, 2.05) is 32.0 Å². The molecule has 5 heteroatoms. The summed E-state index contributed by atoms with van der Waals surface area (Å²) in [6, 6.07) is 10.1. The minimum Gasteiger partial charge on any atom is -0.497 e. The predicted octanol–water partition coefficient (Wildman–Crippen LogP) is 4.39. The zero-order valence-electron chi connectivity index (χ0n) is 13.9. The molecule has 1 unspecified atom stereocenters. The highest BCUT2D eigenvalue weighted by molar-refractivity contribution is 5.69. The SMILES string of the molecule is COc1ccc(-c2cc3c(cc2F)C(NC(=O)O)C(C)(C)C3)cc1. The largest absolute Gasteiger partial charge is 0.497 e.